The summed E-state index contributed by atoms with van der Waals surface area (Å²) in [5.74, 6) is 0.731. The van der Waals surface area contributed by atoms with E-state index in [2.05, 4.69) is 15.3 Å². The summed E-state index contributed by atoms with van der Waals surface area (Å²) < 4.78 is 0. The van der Waals surface area contributed by atoms with Crippen LogP contribution in [0.2, 0.25) is 10.0 Å². The first kappa shape index (κ1) is 14.1. The molecule has 0 atom stereocenters. The molecule has 0 aliphatic rings. The zero-order valence-corrected chi connectivity index (χ0v) is 12.6. The number of aromatic nitrogens is 2. The van der Waals surface area contributed by atoms with Gasteiger partial charge < -0.3 is 5.32 Å². The van der Waals surface area contributed by atoms with Crippen LogP contribution in [0.1, 0.15) is 18.3 Å². The lowest BCUT2D eigenvalue weighted by Gasteiger charge is -2.13. The molecule has 5 heteroatoms. The molecule has 100 valence electrons. The molecule has 0 spiro atoms. The maximum atomic E-state index is 6.26. The van der Waals surface area contributed by atoms with Gasteiger partial charge in [0.1, 0.15) is 5.69 Å². The first-order valence-corrected chi connectivity index (χ1v) is 6.83. The Balaban J connectivity index is 2.66. The van der Waals surface area contributed by atoms with Crippen LogP contribution in [0.15, 0.2) is 18.2 Å². The van der Waals surface area contributed by atoms with Crippen LogP contribution in [0, 0.1) is 13.8 Å². The Hall–Kier alpha value is -1.32. The highest BCUT2D eigenvalue weighted by Gasteiger charge is 2.15. The quantitative estimate of drug-likeness (QED) is 0.906. The highest BCUT2D eigenvalue weighted by molar-refractivity contribution is 6.43. The van der Waals surface area contributed by atoms with Gasteiger partial charge in [-0.1, -0.05) is 35.3 Å². The average Bonchev–Trinajstić information content (AvgIpc) is 2.37. The number of nitrogens with zero attached hydrogens (tertiary/aromatic N) is 2. The minimum atomic E-state index is 0.501. The van der Waals surface area contributed by atoms with Gasteiger partial charge >= 0.3 is 0 Å². The second-order valence-corrected chi connectivity index (χ2v) is 5.01. The largest absolute Gasteiger partial charge is 0.369 e. The Bertz CT molecular complexity index is 612. The molecule has 19 heavy (non-hydrogen) atoms. The molecule has 0 saturated carbocycles. The summed E-state index contributed by atoms with van der Waals surface area (Å²) in [4.78, 5) is 9.13. The molecule has 2 aromatic rings. The van der Waals surface area contributed by atoms with Crippen LogP contribution in [0.4, 0.5) is 5.82 Å². The van der Waals surface area contributed by atoms with Crippen molar-refractivity contribution in [1.29, 1.82) is 0 Å². The maximum absolute atomic E-state index is 6.26. The van der Waals surface area contributed by atoms with E-state index < -0.39 is 0 Å². The van der Waals surface area contributed by atoms with Crippen LogP contribution in [0.5, 0.6) is 0 Å². The summed E-state index contributed by atoms with van der Waals surface area (Å²) >= 11 is 12.3. The van der Waals surface area contributed by atoms with E-state index in [1.54, 1.807) is 6.07 Å². The van der Waals surface area contributed by atoms with Crippen molar-refractivity contribution in [2.45, 2.75) is 20.8 Å². The highest BCUT2D eigenvalue weighted by Crippen LogP contribution is 2.35. The van der Waals surface area contributed by atoms with Crippen molar-refractivity contribution in [2.75, 3.05) is 11.9 Å². The molecule has 0 bridgehead atoms. The van der Waals surface area contributed by atoms with Gasteiger partial charge in [-0.15, -0.1) is 0 Å². The number of rotatable bonds is 3. The molecule has 2 rings (SSSR count). The smallest absolute Gasteiger partial charge is 0.152 e. The number of anilines is 1. The third-order valence-electron chi connectivity index (χ3n) is 2.86. The summed E-state index contributed by atoms with van der Waals surface area (Å²) in [6, 6.07) is 5.51. The Morgan fingerprint density at radius 3 is 2.47 bits per heavy atom. The molecule has 0 radical (unpaired) electrons. The topological polar surface area (TPSA) is 37.8 Å². The summed E-state index contributed by atoms with van der Waals surface area (Å²) in [6.07, 6.45) is 0. The van der Waals surface area contributed by atoms with E-state index in [4.69, 9.17) is 23.2 Å². The fourth-order valence-corrected chi connectivity index (χ4v) is 2.16. The number of benzene rings is 1. The van der Waals surface area contributed by atoms with E-state index in [1.807, 2.05) is 32.9 Å². The third-order valence-corrected chi connectivity index (χ3v) is 3.68. The first-order valence-electron chi connectivity index (χ1n) is 6.08. The minimum absolute atomic E-state index is 0.501. The standard InChI is InChI=1S/C14H15Cl2N3/c1-4-17-14-13(18-8(2)9(3)19-14)10-6-5-7-11(15)12(10)16/h5-7H,4H2,1-3H3,(H,17,19). The monoisotopic (exact) mass is 295 g/mol. The van der Waals surface area contributed by atoms with Crippen molar-refractivity contribution in [1.82, 2.24) is 9.97 Å². The van der Waals surface area contributed by atoms with Crippen molar-refractivity contribution in [2.24, 2.45) is 0 Å². The van der Waals surface area contributed by atoms with Crippen LogP contribution < -0.4 is 5.32 Å². The van der Waals surface area contributed by atoms with Crippen molar-refractivity contribution < 1.29 is 0 Å². The van der Waals surface area contributed by atoms with Gasteiger partial charge in [0, 0.05) is 12.1 Å². The lowest BCUT2D eigenvalue weighted by Crippen LogP contribution is -2.06. The van der Waals surface area contributed by atoms with Gasteiger partial charge in [0.25, 0.3) is 0 Å². The fraction of sp³-hybridized carbons (Fsp3) is 0.286. The lowest BCUT2D eigenvalue weighted by molar-refractivity contribution is 1.03. The van der Waals surface area contributed by atoms with Crippen LogP contribution in [-0.2, 0) is 0 Å². The highest BCUT2D eigenvalue weighted by atomic mass is 35.5. The summed E-state index contributed by atoms with van der Waals surface area (Å²) in [5.41, 5.74) is 3.31. The summed E-state index contributed by atoms with van der Waals surface area (Å²) in [5, 5.41) is 4.23. The Kier molecular flexibility index (Phi) is 4.27. The van der Waals surface area contributed by atoms with Crippen molar-refractivity contribution in [3.05, 3.63) is 39.6 Å². The number of hydrogen-bond acceptors (Lipinski definition) is 3. The van der Waals surface area contributed by atoms with Crippen molar-refractivity contribution >= 4 is 29.0 Å². The van der Waals surface area contributed by atoms with E-state index in [0.29, 0.717) is 10.0 Å². The number of aryl methyl sites for hydroxylation is 2. The van der Waals surface area contributed by atoms with E-state index in [-0.39, 0.29) is 0 Å². The van der Waals surface area contributed by atoms with Crippen LogP contribution in [0.25, 0.3) is 11.3 Å². The number of hydrogen-bond donors (Lipinski definition) is 1. The van der Waals surface area contributed by atoms with E-state index in [1.165, 1.54) is 0 Å². The Labute approximate surface area is 123 Å². The molecule has 0 unspecified atom stereocenters. The van der Waals surface area contributed by atoms with Crippen LogP contribution >= 0.6 is 23.2 Å². The normalized spacial score (nSPS) is 10.6. The summed E-state index contributed by atoms with van der Waals surface area (Å²) in [7, 11) is 0. The fourth-order valence-electron chi connectivity index (χ4n) is 1.77. The molecule has 1 heterocycles. The molecule has 1 aromatic carbocycles. The summed E-state index contributed by atoms with van der Waals surface area (Å²) in [6.45, 7) is 6.65. The zero-order chi connectivity index (χ0) is 14.0. The molecule has 3 nitrogen and oxygen atoms in total. The van der Waals surface area contributed by atoms with Gasteiger partial charge in [-0.2, -0.15) is 0 Å². The second-order valence-electron chi connectivity index (χ2n) is 4.22. The molecule has 0 aliphatic heterocycles. The molecule has 1 N–H and O–H groups in total. The van der Waals surface area contributed by atoms with Gasteiger partial charge in [-0.05, 0) is 26.8 Å². The van der Waals surface area contributed by atoms with Gasteiger partial charge in [-0.25, -0.2) is 9.97 Å². The van der Waals surface area contributed by atoms with Crippen LogP contribution in [0.3, 0.4) is 0 Å². The van der Waals surface area contributed by atoms with Gasteiger partial charge in [0.15, 0.2) is 5.82 Å². The van der Waals surface area contributed by atoms with Crippen LogP contribution in [-0.4, -0.2) is 16.5 Å². The van der Waals surface area contributed by atoms with Crippen molar-refractivity contribution in [3.8, 4) is 11.3 Å². The molecule has 0 amide bonds. The molecule has 0 aliphatic carbocycles. The van der Waals surface area contributed by atoms with Gasteiger partial charge in [0.05, 0.1) is 21.4 Å². The predicted molar refractivity (Wildman–Crippen MR) is 81.1 cm³/mol. The number of nitrogens with one attached hydrogen (secondary N) is 1. The minimum Gasteiger partial charge on any atom is -0.369 e. The number of halogens is 2. The zero-order valence-electron chi connectivity index (χ0n) is 11.1. The average molecular weight is 296 g/mol. The first-order chi connectivity index (χ1) is 9.04. The SMILES string of the molecule is CCNc1nc(C)c(C)nc1-c1cccc(Cl)c1Cl. The Morgan fingerprint density at radius 1 is 1.11 bits per heavy atom. The lowest BCUT2D eigenvalue weighted by atomic mass is 10.1. The third kappa shape index (κ3) is 2.82. The van der Waals surface area contributed by atoms with E-state index >= 15 is 0 Å². The molecule has 0 saturated heterocycles. The Morgan fingerprint density at radius 2 is 1.79 bits per heavy atom. The maximum Gasteiger partial charge on any atom is 0.152 e. The molecule has 1 aromatic heterocycles. The van der Waals surface area contributed by atoms with Gasteiger partial charge in [0.2, 0.25) is 0 Å². The molecular formula is C14H15Cl2N3. The molecule has 0 fully saturated rings. The van der Waals surface area contributed by atoms with Gasteiger partial charge in [-0.3, -0.25) is 0 Å². The van der Waals surface area contributed by atoms with E-state index in [0.717, 1.165) is 35.0 Å². The second kappa shape index (κ2) is 5.76. The van der Waals surface area contributed by atoms with Crippen molar-refractivity contribution in [3.63, 3.8) is 0 Å². The molecular weight excluding hydrogens is 281 g/mol. The predicted octanol–water partition coefficient (Wildman–Crippen LogP) is 4.50. The van der Waals surface area contributed by atoms with E-state index in [9.17, 15) is 0 Å².